The van der Waals surface area contributed by atoms with Crippen LogP contribution in [0.4, 0.5) is 19.0 Å². The van der Waals surface area contributed by atoms with E-state index in [1.54, 1.807) is 31.3 Å². The number of carbonyl (C=O) groups is 1. The van der Waals surface area contributed by atoms with Crippen LogP contribution in [0, 0.1) is 0 Å². The number of ether oxygens (including phenoxy) is 1. The Morgan fingerprint density at radius 3 is 2.66 bits per heavy atom. The molecule has 2 aromatic carbocycles. The van der Waals surface area contributed by atoms with Crippen LogP contribution < -0.4 is 10.1 Å². The number of anilines is 1. The second kappa shape index (κ2) is 8.57. The average Bonchev–Trinajstić information content (AvgIpc) is 3.21. The fourth-order valence-electron chi connectivity index (χ4n) is 3.93. The second-order valence-corrected chi connectivity index (χ2v) is 7.76. The Morgan fingerprint density at radius 2 is 1.97 bits per heavy atom. The number of nitrogens with one attached hydrogen (secondary N) is 1. The van der Waals surface area contributed by atoms with E-state index in [0.717, 1.165) is 10.2 Å². The molecular formula is C23H23F3N4O2. The molecule has 1 amide bonds. The Hall–Kier alpha value is -3.49. The van der Waals surface area contributed by atoms with Crippen LogP contribution in [-0.4, -0.2) is 40.9 Å². The average molecular weight is 444 g/mol. The van der Waals surface area contributed by atoms with Gasteiger partial charge in [-0.25, -0.2) is 4.68 Å². The Morgan fingerprint density at radius 1 is 1.22 bits per heavy atom. The summed E-state index contributed by atoms with van der Waals surface area (Å²) in [6.07, 6.45) is -3.56. The fourth-order valence-corrected chi connectivity index (χ4v) is 3.93. The summed E-state index contributed by atoms with van der Waals surface area (Å²) in [4.78, 5) is 14.6. The Kier molecular flexibility index (Phi) is 5.82. The van der Waals surface area contributed by atoms with Gasteiger partial charge in [-0.1, -0.05) is 42.5 Å². The van der Waals surface area contributed by atoms with Crippen LogP contribution in [0.25, 0.3) is 0 Å². The molecule has 0 fully saturated rings. The van der Waals surface area contributed by atoms with Crippen molar-refractivity contribution in [2.75, 3.05) is 19.5 Å². The van der Waals surface area contributed by atoms with Gasteiger partial charge >= 0.3 is 6.18 Å². The summed E-state index contributed by atoms with van der Waals surface area (Å²) in [7, 11) is 3.11. The number of alkyl halides is 3. The van der Waals surface area contributed by atoms with Crippen molar-refractivity contribution in [3.05, 3.63) is 77.5 Å². The lowest BCUT2D eigenvalue weighted by Gasteiger charge is -2.34. The van der Waals surface area contributed by atoms with E-state index in [2.05, 4.69) is 10.4 Å². The molecular weight excluding hydrogens is 421 g/mol. The van der Waals surface area contributed by atoms with Gasteiger partial charge in [-0.05, 0) is 23.3 Å². The van der Waals surface area contributed by atoms with Crippen molar-refractivity contribution in [2.45, 2.75) is 31.2 Å². The highest BCUT2D eigenvalue weighted by Gasteiger charge is 2.47. The third-order valence-electron chi connectivity index (χ3n) is 5.57. The van der Waals surface area contributed by atoms with Gasteiger partial charge in [0.15, 0.2) is 6.04 Å². The quantitative estimate of drug-likeness (QED) is 0.613. The first-order chi connectivity index (χ1) is 15.3. The first-order valence-electron chi connectivity index (χ1n) is 10.1. The highest BCUT2D eigenvalue weighted by molar-refractivity contribution is 5.98. The zero-order valence-electron chi connectivity index (χ0n) is 17.6. The molecule has 0 bridgehead atoms. The first-order valence-corrected chi connectivity index (χ1v) is 10.1. The van der Waals surface area contributed by atoms with Gasteiger partial charge in [0.25, 0.3) is 5.91 Å². The standard InChI is InChI=1S/C23H23F3N4O2/c1-29(14-15-7-4-3-5-8-15)22(31)18-13-27-30-20(23(24,25)26)12-19(28-21(18)30)16-9-6-10-17(11-16)32-2/h3-11,13,19-20,28H,12,14H2,1-2H3/t19-,20-/m1/s1. The summed E-state index contributed by atoms with van der Waals surface area (Å²) >= 11 is 0. The molecule has 0 spiro atoms. The minimum Gasteiger partial charge on any atom is -0.497 e. The van der Waals surface area contributed by atoms with Gasteiger partial charge < -0.3 is 15.0 Å². The van der Waals surface area contributed by atoms with E-state index >= 15 is 0 Å². The number of methoxy groups -OCH3 is 1. The summed E-state index contributed by atoms with van der Waals surface area (Å²) in [5.74, 6) is 0.206. The number of benzene rings is 2. The zero-order chi connectivity index (χ0) is 22.9. The molecule has 0 unspecified atom stereocenters. The summed E-state index contributed by atoms with van der Waals surface area (Å²) in [5, 5.41) is 7.05. The van der Waals surface area contributed by atoms with Gasteiger partial charge in [-0.2, -0.15) is 18.3 Å². The predicted octanol–water partition coefficient (Wildman–Crippen LogP) is 4.82. The number of aromatic nitrogens is 2. The number of amides is 1. The molecule has 0 saturated heterocycles. The van der Waals surface area contributed by atoms with E-state index in [9.17, 15) is 18.0 Å². The molecule has 0 saturated carbocycles. The monoisotopic (exact) mass is 444 g/mol. The third-order valence-corrected chi connectivity index (χ3v) is 5.57. The number of hydrogen-bond donors (Lipinski definition) is 1. The molecule has 3 aromatic rings. The van der Waals surface area contributed by atoms with Crippen molar-refractivity contribution in [1.82, 2.24) is 14.7 Å². The summed E-state index contributed by atoms with van der Waals surface area (Å²) in [6.45, 7) is 0.326. The van der Waals surface area contributed by atoms with Crippen molar-refractivity contribution in [2.24, 2.45) is 0 Å². The van der Waals surface area contributed by atoms with Crippen LogP contribution in [0.2, 0.25) is 0 Å². The van der Waals surface area contributed by atoms with Crippen LogP contribution in [0.5, 0.6) is 5.75 Å². The topological polar surface area (TPSA) is 59.4 Å². The maximum Gasteiger partial charge on any atom is 0.410 e. The van der Waals surface area contributed by atoms with E-state index in [0.29, 0.717) is 17.9 Å². The van der Waals surface area contributed by atoms with Crippen molar-refractivity contribution in [3.8, 4) is 5.75 Å². The summed E-state index contributed by atoms with van der Waals surface area (Å²) in [6, 6.07) is 13.7. The molecule has 2 atom stereocenters. The summed E-state index contributed by atoms with van der Waals surface area (Å²) < 4.78 is 47.8. The van der Waals surface area contributed by atoms with Gasteiger partial charge in [0, 0.05) is 20.0 Å². The molecule has 0 aliphatic carbocycles. The van der Waals surface area contributed by atoms with E-state index in [4.69, 9.17) is 4.74 Å². The number of nitrogens with zero attached hydrogens (tertiary/aromatic N) is 3. The highest BCUT2D eigenvalue weighted by atomic mass is 19.4. The zero-order valence-corrected chi connectivity index (χ0v) is 17.6. The van der Waals surface area contributed by atoms with E-state index in [-0.39, 0.29) is 17.8 Å². The van der Waals surface area contributed by atoms with Gasteiger partial charge in [0.05, 0.1) is 19.3 Å². The molecule has 1 aromatic heterocycles. The lowest BCUT2D eigenvalue weighted by molar-refractivity contribution is -0.173. The van der Waals surface area contributed by atoms with Crippen LogP contribution in [0.15, 0.2) is 60.8 Å². The van der Waals surface area contributed by atoms with Crippen LogP contribution in [-0.2, 0) is 6.54 Å². The van der Waals surface area contributed by atoms with E-state index < -0.39 is 24.2 Å². The van der Waals surface area contributed by atoms with Crippen molar-refractivity contribution >= 4 is 11.7 Å². The predicted molar refractivity (Wildman–Crippen MR) is 114 cm³/mol. The minimum atomic E-state index is -4.52. The fraction of sp³-hybridized carbons (Fsp3) is 0.304. The molecule has 1 aliphatic heterocycles. The maximum absolute atomic E-state index is 13.9. The van der Waals surface area contributed by atoms with Gasteiger partial charge in [-0.15, -0.1) is 0 Å². The molecule has 6 nitrogen and oxygen atoms in total. The third kappa shape index (κ3) is 4.28. The maximum atomic E-state index is 13.9. The molecule has 2 heterocycles. The van der Waals surface area contributed by atoms with Crippen LogP contribution in [0.1, 0.15) is 40.0 Å². The van der Waals surface area contributed by atoms with E-state index in [1.807, 2.05) is 30.3 Å². The minimum absolute atomic E-state index is 0.0660. The number of fused-ring (bicyclic) bond motifs is 1. The van der Waals surface area contributed by atoms with Crippen LogP contribution >= 0.6 is 0 Å². The normalized spacial score (nSPS) is 17.9. The van der Waals surface area contributed by atoms with Crippen molar-refractivity contribution in [3.63, 3.8) is 0 Å². The number of halogens is 3. The smallest absolute Gasteiger partial charge is 0.410 e. The SMILES string of the molecule is COc1cccc([C@H]2C[C@H](C(F)(F)F)n3ncc(C(=O)N(C)Cc4ccccc4)c3N2)c1. The largest absolute Gasteiger partial charge is 0.497 e. The summed E-state index contributed by atoms with van der Waals surface area (Å²) in [5.41, 5.74) is 1.66. The molecule has 9 heteroatoms. The lowest BCUT2D eigenvalue weighted by Crippen LogP contribution is -2.36. The molecule has 1 aliphatic rings. The molecule has 1 N–H and O–H groups in total. The van der Waals surface area contributed by atoms with Crippen molar-refractivity contribution < 1.29 is 22.7 Å². The second-order valence-electron chi connectivity index (χ2n) is 7.76. The highest BCUT2D eigenvalue weighted by Crippen LogP contribution is 2.44. The Bertz CT molecular complexity index is 1100. The first kappa shape index (κ1) is 21.7. The van der Waals surface area contributed by atoms with Gasteiger partial charge in [0.2, 0.25) is 0 Å². The van der Waals surface area contributed by atoms with Crippen molar-refractivity contribution in [1.29, 1.82) is 0 Å². The number of rotatable bonds is 5. The molecule has 0 radical (unpaired) electrons. The number of hydrogen-bond acceptors (Lipinski definition) is 4. The van der Waals surface area contributed by atoms with Gasteiger partial charge in [-0.3, -0.25) is 4.79 Å². The van der Waals surface area contributed by atoms with E-state index in [1.165, 1.54) is 18.2 Å². The molecule has 4 rings (SSSR count). The lowest BCUT2D eigenvalue weighted by atomic mass is 9.96. The molecule has 168 valence electrons. The number of carbonyl (C=O) groups excluding carboxylic acids is 1. The molecule has 32 heavy (non-hydrogen) atoms. The van der Waals surface area contributed by atoms with Gasteiger partial charge in [0.1, 0.15) is 17.1 Å². The Balaban J connectivity index is 1.67. The Labute approximate surface area is 183 Å². The van der Waals surface area contributed by atoms with Crippen LogP contribution in [0.3, 0.4) is 0 Å².